The Labute approximate surface area is 118 Å². The molecule has 0 aliphatic carbocycles. The van der Waals surface area contributed by atoms with Crippen LogP contribution in [0.4, 0.5) is 4.79 Å². The summed E-state index contributed by atoms with van der Waals surface area (Å²) >= 11 is 5.59. The number of hydrogen-bond donors (Lipinski definition) is 0. The molecule has 2 aliphatic rings. The van der Waals surface area contributed by atoms with Crippen molar-refractivity contribution in [2.24, 2.45) is 5.92 Å². The first-order valence-electron chi connectivity index (χ1n) is 6.63. The second-order valence-corrected chi connectivity index (χ2v) is 6.59. The molecule has 2 rings (SSSR count). The van der Waals surface area contributed by atoms with Crippen molar-refractivity contribution in [2.45, 2.75) is 38.8 Å². The fraction of sp³-hybridized carbons (Fsp3) is 0.846. The number of fused-ring (bicyclic) bond motifs is 2. The molecule has 6 heteroatoms. The van der Waals surface area contributed by atoms with Crippen molar-refractivity contribution < 1.29 is 14.3 Å². The summed E-state index contributed by atoms with van der Waals surface area (Å²) in [5.74, 6) is 0.298. The molecule has 2 atom stereocenters. The topological polar surface area (TPSA) is 49.9 Å². The normalized spacial score (nSPS) is 26.5. The molecule has 0 aromatic rings. The van der Waals surface area contributed by atoms with Gasteiger partial charge in [0.05, 0.1) is 6.04 Å². The van der Waals surface area contributed by atoms with Crippen LogP contribution in [0, 0.1) is 5.92 Å². The van der Waals surface area contributed by atoms with Crippen LogP contribution in [0.1, 0.15) is 27.2 Å². The van der Waals surface area contributed by atoms with Crippen molar-refractivity contribution in [1.82, 2.24) is 9.80 Å². The van der Waals surface area contributed by atoms with Crippen molar-refractivity contribution in [3.63, 3.8) is 0 Å². The van der Waals surface area contributed by atoms with Crippen molar-refractivity contribution in [3.8, 4) is 0 Å². The van der Waals surface area contributed by atoms with Gasteiger partial charge in [0.25, 0.3) is 0 Å². The zero-order valence-electron chi connectivity index (χ0n) is 11.7. The predicted octanol–water partition coefficient (Wildman–Crippen LogP) is 1.69. The van der Waals surface area contributed by atoms with Crippen molar-refractivity contribution >= 4 is 23.6 Å². The number of piperidine rings is 1. The van der Waals surface area contributed by atoms with Crippen LogP contribution in [0.15, 0.2) is 0 Å². The number of halogens is 1. The maximum atomic E-state index is 12.1. The molecule has 2 bridgehead atoms. The number of ether oxygens (including phenoxy) is 1. The van der Waals surface area contributed by atoms with E-state index in [1.807, 2.05) is 20.8 Å². The molecule has 19 heavy (non-hydrogen) atoms. The summed E-state index contributed by atoms with van der Waals surface area (Å²) in [7, 11) is 0. The Morgan fingerprint density at radius 2 is 1.95 bits per heavy atom. The highest BCUT2D eigenvalue weighted by Gasteiger charge is 2.43. The van der Waals surface area contributed by atoms with Gasteiger partial charge in [-0.3, -0.25) is 4.79 Å². The van der Waals surface area contributed by atoms with Gasteiger partial charge in [-0.2, -0.15) is 0 Å². The quantitative estimate of drug-likeness (QED) is 0.690. The van der Waals surface area contributed by atoms with Crippen LogP contribution in [0.2, 0.25) is 0 Å². The van der Waals surface area contributed by atoms with Gasteiger partial charge in [-0.1, -0.05) is 0 Å². The van der Waals surface area contributed by atoms with E-state index in [0.29, 0.717) is 25.6 Å². The van der Waals surface area contributed by atoms with E-state index in [4.69, 9.17) is 16.3 Å². The summed E-state index contributed by atoms with van der Waals surface area (Å²) in [5.41, 5.74) is -0.487. The maximum absolute atomic E-state index is 12.1. The minimum atomic E-state index is -0.487. The summed E-state index contributed by atoms with van der Waals surface area (Å²) < 4.78 is 5.41. The van der Waals surface area contributed by atoms with Crippen LogP contribution >= 0.6 is 11.6 Å². The molecule has 2 saturated heterocycles. The van der Waals surface area contributed by atoms with Gasteiger partial charge in [0.2, 0.25) is 5.91 Å². The number of hydrogen-bond acceptors (Lipinski definition) is 3. The fourth-order valence-corrected chi connectivity index (χ4v) is 2.96. The molecule has 0 spiro atoms. The van der Waals surface area contributed by atoms with Gasteiger partial charge in [0.15, 0.2) is 0 Å². The number of nitrogens with zero attached hydrogens (tertiary/aromatic N) is 2. The van der Waals surface area contributed by atoms with Crippen LogP contribution in [0.25, 0.3) is 0 Å². The average Bonchev–Trinajstić information content (AvgIpc) is 2.61. The fourth-order valence-electron chi connectivity index (χ4n) is 2.79. The molecule has 0 aromatic carbocycles. The van der Waals surface area contributed by atoms with Crippen LogP contribution in [-0.2, 0) is 9.53 Å². The van der Waals surface area contributed by atoms with Crippen LogP contribution in [-0.4, -0.2) is 59.0 Å². The third-order valence-corrected chi connectivity index (χ3v) is 3.73. The summed E-state index contributed by atoms with van der Waals surface area (Å²) in [6, 6.07) is 0.0702. The lowest BCUT2D eigenvalue weighted by molar-refractivity contribution is -0.130. The van der Waals surface area contributed by atoms with Gasteiger partial charge in [-0.05, 0) is 33.1 Å². The van der Waals surface area contributed by atoms with E-state index in [0.717, 1.165) is 6.42 Å². The lowest BCUT2D eigenvalue weighted by atomic mass is 10.00. The highest BCUT2D eigenvalue weighted by Crippen LogP contribution is 2.31. The molecule has 0 unspecified atom stereocenters. The second kappa shape index (κ2) is 5.19. The van der Waals surface area contributed by atoms with E-state index < -0.39 is 5.60 Å². The minimum Gasteiger partial charge on any atom is -0.444 e. The van der Waals surface area contributed by atoms with E-state index in [-0.39, 0.29) is 23.9 Å². The largest absolute Gasteiger partial charge is 0.444 e. The molecule has 5 nitrogen and oxygen atoms in total. The Bertz CT molecular complexity index is 381. The van der Waals surface area contributed by atoms with Gasteiger partial charge in [0, 0.05) is 19.6 Å². The molecular formula is C13H21ClN2O3. The zero-order valence-corrected chi connectivity index (χ0v) is 12.4. The number of carbonyl (C=O) groups excluding carboxylic acids is 2. The highest BCUT2D eigenvalue weighted by atomic mass is 35.5. The lowest BCUT2D eigenvalue weighted by Gasteiger charge is -2.33. The van der Waals surface area contributed by atoms with E-state index in [9.17, 15) is 9.59 Å². The van der Waals surface area contributed by atoms with Crippen LogP contribution < -0.4 is 0 Å². The molecule has 2 aliphatic heterocycles. The number of carbonyl (C=O) groups is 2. The third kappa shape index (κ3) is 3.32. The monoisotopic (exact) mass is 288 g/mol. The SMILES string of the molecule is CC(C)(C)OC(=O)N1C[C@H]2C[C@@H]1CN(C(=O)CCl)C2. The van der Waals surface area contributed by atoms with Gasteiger partial charge < -0.3 is 14.5 Å². The Morgan fingerprint density at radius 3 is 2.53 bits per heavy atom. The van der Waals surface area contributed by atoms with Gasteiger partial charge in [0.1, 0.15) is 11.5 Å². The number of likely N-dealkylation sites (tertiary alicyclic amines) is 2. The predicted molar refractivity (Wildman–Crippen MR) is 72.1 cm³/mol. The Hall–Kier alpha value is -0.970. The van der Waals surface area contributed by atoms with Crippen LogP contribution in [0.3, 0.4) is 0 Å². The van der Waals surface area contributed by atoms with Gasteiger partial charge in [-0.15, -0.1) is 11.6 Å². The first-order valence-corrected chi connectivity index (χ1v) is 7.17. The van der Waals surface area contributed by atoms with Crippen molar-refractivity contribution in [3.05, 3.63) is 0 Å². The number of alkyl halides is 1. The summed E-state index contributed by atoms with van der Waals surface area (Å²) in [4.78, 5) is 27.3. The Kier molecular flexibility index (Phi) is 3.95. The number of rotatable bonds is 1. The van der Waals surface area contributed by atoms with Gasteiger partial charge in [-0.25, -0.2) is 4.79 Å². The smallest absolute Gasteiger partial charge is 0.410 e. The Balaban J connectivity index is 2.00. The standard InChI is InChI=1S/C13H21ClN2O3/c1-13(2,3)19-12(18)16-7-9-4-10(16)8-15(6-9)11(17)5-14/h9-10H,4-8H2,1-3H3/t9-,10+/m0/s1. The summed E-state index contributed by atoms with van der Waals surface area (Å²) in [6.45, 7) is 7.51. The highest BCUT2D eigenvalue weighted by molar-refractivity contribution is 6.27. The number of amides is 2. The molecule has 2 fully saturated rings. The van der Waals surface area contributed by atoms with Crippen molar-refractivity contribution in [1.29, 1.82) is 0 Å². The summed E-state index contributed by atoms with van der Waals surface area (Å²) in [5, 5.41) is 0. The van der Waals surface area contributed by atoms with E-state index in [2.05, 4.69) is 0 Å². The molecule has 0 saturated carbocycles. The van der Waals surface area contributed by atoms with E-state index in [1.165, 1.54) is 0 Å². The zero-order chi connectivity index (χ0) is 14.2. The summed E-state index contributed by atoms with van der Waals surface area (Å²) in [6.07, 6.45) is 0.672. The third-order valence-electron chi connectivity index (χ3n) is 3.51. The first-order chi connectivity index (χ1) is 8.80. The molecule has 2 amide bonds. The molecule has 2 heterocycles. The average molecular weight is 289 g/mol. The maximum Gasteiger partial charge on any atom is 0.410 e. The van der Waals surface area contributed by atoms with E-state index >= 15 is 0 Å². The van der Waals surface area contributed by atoms with Crippen LogP contribution in [0.5, 0.6) is 0 Å². The Morgan fingerprint density at radius 1 is 1.26 bits per heavy atom. The van der Waals surface area contributed by atoms with Crippen molar-refractivity contribution in [2.75, 3.05) is 25.5 Å². The first kappa shape index (κ1) is 14.4. The minimum absolute atomic E-state index is 0.00583. The molecule has 0 N–H and O–H groups in total. The lowest BCUT2D eigenvalue weighted by Crippen LogP contribution is -2.47. The molecule has 0 radical (unpaired) electrons. The molecular weight excluding hydrogens is 268 g/mol. The molecule has 108 valence electrons. The second-order valence-electron chi connectivity index (χ2n) is 6.32. The van der Waals surface area contributed by atoms with Gasteiger partial charge >= 0.3 is 6.09 Å². The van der Waals surface area contributed by atoms with E-state index in [1.54, 1.807) is 9.80 Å². The molecule has 0 aromatic heterocycles.